The first-order chi connectivity index (χ1) is 11.4. The third-order valence-corrected chi connectivity index (χ3v) is 4.82. The maximum Gasteiger partial charge on any atom is 0.354 e. The van der Waals surface area contributed by atoms with Gasteiger partial charge in [-0.25, -0.2) is 13.9 Å². The SMILES string of the molecule is Cl.NS(=O)(=O)n1ccc(-c2cccc(N3CCNCC3)c2)c1C(=O)O. The van der Waals surface area contributed by atoms with Gasteiger partial charge in [-0.05, 0) is 23.8 Å². The normalized spacial score (nSPS) is 14.8. The van der Waals surface area contributed by atoms with Gasteiger partial charge in [0, 0.05) is 43.6 Å². The van der Waals surface area contributed by atoms with E-state index in [1.54, 1.807) is 6.07 Å². The van der Waals surface area contributed by atoms with Crippen molar-refractivity contribution in [3.63, 3.8) is 0 Å². The largest absolute Gasteiger partial charge is 0.477 e. The van der Waals surface area contributed by atoms with Crippen molar-refractivity contribution in [1.29, 1.82) is 0 Å². The Morgan fingerprint density at radius 2 is 1.88 bits per heavy atom. The van der Waals surface area contributed by atoms with E-state index in [1.165, 1.54) is 6.07 Å². The van der Waals surface area contributed by atoms with Crippen LogP contribution in [-0.4, -0.2) is 49.6 Å². The predicted octanol–water partition coefficient (Wildman–Crippen LogP) is 0.736. The lowest BCUT2D eigenvalue weighted by Gasteiger charge is -2.29. The maximum atomic E-state index is 11.6. The molecule has 4 N–H and O–H groups in total. The molecule has 0 spiro atoms. The van der Waals surface area contributed by atoms with Gasteiger partial charge in [-0.3, -0.25) is 0 Å². The number of aromatic carboxylic acids is 1. The molecule has 1 saturated heterocycles. The van der Waals surface area contributed by atoms with Crippen molar-refractivity contribution >= 4 is 34.3 Å². The summed E-state index contributed by atoms with van der Waals surface area (Å²) in [6.45, 7) is 3.47. The van der Waals surface area contributed by atoms with E-state index in [0.29, 0.717) is 15.1 Å². The average molecular weight is 387 g/mol. The van der Waals surface area contributed by atoms with Gasteiger partial charge in [0.05, 0.1) is 0 Å². The number of hydrogen-bond donors (Lipinski definition) is 3. The van der Waals surface area contributed by atoms with Gasteiger partial charge in [-0.15, -0.1) is 12.4 Å². The zero-order valence-corrected chi connectivity index (χ0v) is 14.9. The smallest absolute Gasteiger partial charge is 0.354 e. The van der Waals surface area contributed by atoms with Crippen molar-refractivity contribution in [3.05, 3.63) is 42.2 Å². The molecule has 136 valence electrons. The molecule has 0 saturated carbocycles. The van der Waals surface area contributed by atoms with E-state index in [4.69, 9.17) is 5.14 Å². The van der Waals surface area contributed by atoms with E-state index in [0.717, 1.165) is 38.1 Å². The molecular formula is C15H19ClN4O4S. The van der Waals surface area contributed by atoms with Crippen molar-refractivity contribution in [2.45, 2.75) is 0 Å². The van der Waals surface area contributed by atoms with Gasteiger partial charge in [-0.1, -0.05) is 12.1 Å². The summed E-state index contributed by atoms with van der Waals surface area (Å²) in [5.74, 6) is -1.35. The second-order valence-corrected chi connectivity index (χ2v) is 6.93. The van der Waals surface area contributed by atoms with E-state index in [1.807, 2.05) is 18.2 Å². The number of halogens is 1. The lowest BCUT2D eigenvalue weighted by Crippen LogP contribution is -2.43. The number of carboxylic acid groups (broad SMARTS) is 1. The minimum atomic E-state index is -4.18. The number of carboxylic acids is 1. The van der Waals surface area contributed by atoms with Gasteiger partial charge in [0.15, 0.2) is 5.69 Å². The van der Waals surface area contributed by atoms with E-state index >= 15 is 0 Å². The summed E-state index contributed by atoms with van der Waals surface area (Å²) in [6.07, 6.45) is 1.16. The number of carbonyl (C=O) groups is 1. The molecule has 0 bridgehead atoms. The summed E-state index contributed by atoms with van der Waals surface area (Å²) in [7, 11) is -4.18. The molecule has 2 aromatic rings. The molecule has 3 rings (SSSR count). The zero-order chi connectivity index (χ0) is 17.3. The summed E-state index contributed by atoms with van der Waals surface area (Å²) >= 11 is 0. The predicted molar refractivity (Wildman–Crippen MR) is 97.7 cm³/mol. The van der Waals surface area contributed by atoms with Crippen LogP contribution in [0.25, 0.3) is 11.1 Å². The molecule has 2 heterocycles. The van der Waals surface area contributed by atoms with Crippen LogP contribution in [0, 0.1) is 0 Å². The standard InChI is InChI=1S/C15H18N4O4S.ClH/c16-24(22,23)19-7-4-13(14(19)15(20)21)11-2-1-3-12(10-11)18-8-5-17-6-9-18;/h1-4,7,10,17H,5-6,8-9H2,(H,20,21)(H2,16,22,23);1H. The number of rotatable bonds is 4. The van der Waals surface area contributed by atoms with E-state index in [2.05, 4.69) is 10.2 Å². The zero-order valence-electron chi connectivity index (χ0n) is 13.3. The average Bonchev–Trinajstić information content (AvgIpc) is 3.01. The van der Waals surface area contributed by atoms with Crippen LogP contribution in [-0.2, 0) is 10.2 Å². The number of aromatic nitrogens is 1. The Balaban J connectivity index is 0.00000225. The van der Waals surface area contributed by atoms with Crippen molar-refractivity contribution in [2.24, 2.45) is 5.14 Å². The topological polar surface area (TPSA) is 118 Å². The van der Waals surface area contributed by atoms with Crippen molar-refractivity contribution in [2.75, 3.05) is 31.1 Å². The number of nitrogens with two attached hydrogens (primary N) is 1. The van der Waals surface area contributed by atoms with Crippen molar-refractivity contribution < 1.29 is 18.3 Å². The van der Waals surface area contributed by atoms with Crippen molar-refractivity contribution in [3.8, 4) is 11.1 Å². The van der Waals surface area contributed by atoms with Crippen LogP contribution in [0.15, 0.2) is 36.5 Å². The van der Waals surface area contributed by atoms with Crippen LogP contribution >= 0.6 is 12.4 Å². The molecule has 0 atom stereocenters. The molecule has 0 radical (unpaired) electrons. The van der Waals surface area contributed by atoms with Crippen LogP contribution in [0.4, 0.5) is 5.69 Å². The Bertz CT molecular complexity index is 875. The highest BCUT2D eigenvalue weighted by atomic mass is 35.5. The lowest BCUT2D eigenvalue weighted by molar-refractivity contribution is 0.0690. The van der Waals surface area contributed by atoms with E-state index in [-0.39, 0.29) is 18.1 Å². The summed E-state index contributed by atoms with van der Waals surface area (Å²) in [6, 6.07) is 8.84. The minimum absolute atomic E-state index is 0. The second kappa shape index (κ2) is 7.44. The first kappa shape index (κ1) is 19.3. The number of anilines is 1. The van der Waals surface area contributed by atoms with Gasteiger partial charge < -0.3 is 15.3 Å². The number of nitrogens with zero attached hydrogens (tertiary/aromatic N) is 2. The lowest BCUT2D eigenvalue weighted by atomic mass is 10.0. The Labute approximate surface area is 151 Å². The van der Waals surface area contributed by atoms with E-state index < -0.39 is 16.2 Å². The monoisotopic (exact) mass is 386 g/mol. The molecule has 1 aliphatic rings. The van der Waals surface area contributed by atoms with Crippen LogP contribution in [0.3, 0.4) is 0 Å². The number of hydrogen-bond acceptors (Lipinski definition) is 5. The summed E-state index contributed by atoms with van der Waals surface area (Å²) < 4.78 is 23.7. The second-order valence-electron chi connectivity index (χ2n) is 5.51. The minimum Gasteiger partial charge on any atom is -0.477 e. The Kier molecular flexibility index (Phi) is 5.73. The van der Waals surface area contributed by atoms with Crippen LogP contribution in [0.2, 0.25) is 0 Å². The molecule has 0 amide bonds. The van der Waals surface area contributed by atoms with Gasteiger partial charge in [0.25, 0.3) is 0 Å². The van der Waals surface area contributed by atoms with E-state index in [9.17, 15) is 18.3 Å². The van der Waals surface area contributed by atoms with Gasteiger partial charge in [-0.2, -0.15) is 8.42 Å². The summed E-state index contributed by atoms with van der Waals surface area (Å²) in [5, 5.41) is 17.8. The molecule has 10 heteroatoms. The highest BCUT2D eigenvalue weighted by molar-refractivity contribution is 7.87. The molecule has 25 heavy (non-hydrogen) atoms. The van der Waals surface area contributed by atoms with Crippen molar-refractivity contribution in [1.82, 2.24) is 9.29 Å². The summed E-state index contributed by atoms with van der Waals surface area (Å²) in [5.41, 5.74) is 1.54. The highest BCUT2D eigenvalue weighted by Crippen LogP contribution is 2.29. The molecule has 0 unspecified atom stereocenters. The first-order valence-corrected chi connectivity index (χ1v) is 8.92. The highest BCUT2D eigenvalue weighted by Gasteiger charge is 2.23. The molecular weight excluding hydrogens is 368 g/mol. The van der Waals surface area contributed by atoms with Gasteiger partial charge in [0.2, 0.25) is 0 Å². The van der Waals surface area contributed by atoms with Crippen LogP contribution < -0.4 is 15.4 Å². The van der Waals surface area contributed by atoms with Gasteiger partial charge in [0.1, 0.15) is 0 Å². The number of piperazine rings is 1. The fourth-order valence-electron chi connectivity index (χ4n) is 2.86. The van der Waals surface area contributed by atoms with Gasteiger partial charge >= 0.3 is 16.2 Å². The van der Waals surface area contributed by atoms with Crippen LogP contribution in [0.1, 0.15) is 10.5 Å². The maximum absolute atomic E-state index is 11.6. The Hall–Kier alpha value is -2.07. The Morgan fingerprint density at radius 1 is 1.20 bits per heavy atom. The number of benzene rings is 1. The molecule has 0 aliphatic carbocycles. The fraction of sp³-hybridized carbons (Fsp3) is 0.267. The first-order valence-electron chi connectivity index (χ1n) is 7.42. The molecule has 1 aliphatic heterocycles. The molecule has 1 aromatic carbocycles. The van der Waals surface area contributed by atoms with Crippen LogP contribution in [0.5, 0.6) is 0 Å². The third-order valence-electron chi connectivity index (χ3n) is 3.97. The fourth-order valence-corrected chi connectivity index (χ4v) is 3.52. The number of nitrogens with one attached hydrogen (secondary N) is 1. The molecule has 1 fully saturated rings. The summed E-state index contributed by atoms with van der Waals surface area (Å²) in [4.78, 5) is 13.7. The molecule has 1 aromatic heterocycles. The third kappa shape index (κ3) is 3.96. The quantitative estimate of drug-likeness (QED) is 0.713. The molecule has 8 nitrogen and oxygen atoms in total. The Morgan fingerprint density at radius 3 is 2.48 bits per heavy atom.